The fourth-order valence-electron chi connectivity index (χ4n) is 2.34. The van der Waals surface area contributed by atoms with Gasteiger partial charge in [-0.2, -0.15) is 13.2 Å². The van der Waals surface area contributed by atoms with Crippen molar-refractivity contribution in [3.05, 3.63) is 47.2 Å². The normalized spacial score (nSPS) is 11.5. The lowest BCUT2D eigenvalue weighted by Gasteiger charge is -2.24. The molecule has 152 valence electrons. The van der Waals surface area contributed by atoms with Crippen molar-refractivity contribution in [2.75, 3.05) is 39.0 Å². The summed E-state index contributed by atoms with van der Waals surface area (Å²) in [6.07, 6.45) is -4.48. The first-order chi connectivity index (χ1) is 13.1. The largest absolute Gasteiger partial charge is 0.416 e. The van der Waals surface area contributed by atoms with E-state index in [9.17, 15) is 22.8 Å². The number of alkyl halides is 3. The molecule has 1 aromatic carbocycles. The zero-order chi connectivity index (χ0) is 20.9. The first kappa shape index (κ1) is 21.4. The molecule has 0 saturated carbocycles. The summed E-state index contributed by atoms with van der Waals surface area (Å²) in [6, 6.07) is 5.42. The second-order valence-corrected chi connectivity index (χ2v) is 6.48. The first-order valence-corrected chi connectivity index (χ1v) is 8.40. The highest BCUT2D eigenvalue weighted by Gasteiger charge is 2.30. The number of aryl methyl sites for hydroxylation is 1. The van der Waals surface area contributed by atoms with E-state index >= 15 is 0 Å². The Hall–Kier alpha value is -2.88. The summed E-state index contributed by atoms with van der Waals surface area (Å²) in [7, 11) is 3.61. The molecule has 0 fully saturated rings. The van der Waals surface area contributed by atoms with Crippen LogP contribution in [0.2, 0.25) is 0 Å². The van der Waals surface area contributed by atoms with E-state index in [0.717, 1.165) is 24.3 Å². The summed E-state index contributed by atoms with van der Waals surface area (Å²) >= 11 is 0. The molecule has 0 spiro atoms. The van der Waals surface area contributed by atoms with Crippen LogP contribution in [0.3, 0.4) is 0 Å². The number of carbonyl (C=O) groups is 2. The van der Waals surface area contributed by atoms with Gasteiger partial charge in [0.2, 0.25) is 5.91 Å². The van der Waals surface area contributed by atoms with Crippen molar-refractivity contribution < 1.29 is 27.3 Å². The minimum absolute atomic E-state index is 0.0665. The Balaban J connectivity index is 2.12. The summed E-state index contributed by atoms with van der Waals surface area (Å²) in [6.45, 7) is 2.08. The number of hydrogen-bond acceptors (Lipinski definition) is 5. The number of anilines is 1. The molecule has 10 heteroatoms. The first-order valence-electron chi connectivity index (χ1n) is 8.40. The van der Waals surface area contributed by atoms with Crippen LogP contribution in [0, 0.1) is 6.92 Å². The molecule has 0 saturated heterocycles. The molecular formula is C18H21F3N4O3. The summed E-state index contributed by atoms with van der Waals surface area (Å²) < 4.78 is 43.0. The molecule has 0 aliphatic heterocycles. The van der Waals surface area contributed by atoms with Gasteiger partial charge in [-0.15, -0.1) is 0 Å². The Morgan fingerprint density at radius 2 is 1.79 bits per heavy atom. The van der Waals surface area contributed by atoms with Gasteiger partial charge in [0.25, 0.3) is 5.91 Å². The standard InChI is InChI=1S/C18H21F3N4O3/c1-12-10-15(23-28-12)22-16(26)11-25(9-8-24(2)3)17(27)13-4-6-14(7-5-13)18(19,20)21/h4-7,10H,8-9,11H2,1-3H3,(H,22,23,26). The van der Waals surface area contributed by atoms with E-state index in [4.69, 9.17) is 4.52 Å². The number of nitrogens with one attached hydrogen (secondary N) is 1. The number of nitrogens with zero attached hydrogens (tertiary/aromatic N) is 3. The minimum Gasteiger partial charge on any atom is -0.360 e. The smallest absolute Gasteiger partial charge is 0.360 e. The maximum absolute atomic E-state index is 12.7. The number of aromatic nitrogens is 1. The Morgan fingerprint density at radius 1 is 1.14 bits per heavy atom. The quantitative estimate of drug-likeness (QED) is 0.776. The molecule has 2 aromatic rings. The van der Waals surface area contributed by atoms with Gasteiger partial charge in [-0.3, -0.25) is 9.59 Å². The van der Waals surface area contributed by atoms with Crippen molar-refractivity contribution in [1.82, 2.24) is 15.0 Å². The summed E-state index contributed by atoms with van der Waals surface area (Å²) in [5.41, 5.74) is -0.778. The van der Waals surface area contributed by atoms with Crippen LogP contribution >= 0.6 is 0 Å². The maximum Gasteiger partial charge on any atom is 0.416 e. The lowest BCUT2D eigenvalue weighted by atomic mass is 10.1. The SMILES string of the molecule is Cc1cc(NC(=O)CN(CCN(C)C)C(=O)c2ccc(C(F)(F)F)cc2)no1. The fraction of sp³-hybridized carbons (Fsp3) is 0.389. The van der Waals surface area contributed by atoms with E-state index in [1.807, 2.05) is 4.90 Å². The number of carbonyl (C=O) groups excluding carboxylic acids is 2. The third-order valence-electron chi connectivity index (χ3n) is 3.79. The second-order valence-electron chi connectivity index (χ2n) is 6.48. The molecule has 0 bridgehead atoms. The van der Waals surface area contributed by atoms with Gasteiger partial charge in [0.1, 0.15) is 12.3 Å². The Morgan fingerprint density at radius 3 is 2.29 bits per heavy atom. The van der Waals surface area contributed by atoms with Crippen molar-refractivity contribution in [2.24, 2.45) is 0 Å². The van der Waals surface area contributed by atoms with Crippen LogP contribution in [0.15, 0.2) is 34.9 Å². The predicted octanol–water partition coefficient (Wildman–Crippen LogP) is 2.64. The van der Waals surface area contributed by atoms with Gasteiger partial charge in [0, 0.05) is 24.7 Å². The zero-order valence-electron chi connectivity index (χ0n) is 15.7. The van der Waals surface area contributed by atoms with Crippen LogP contribution in [0.1, 0.15) is 21.7 Å². The monoisotopic (exact) mass is 398 g/mol. The van der Waals surface area contributed by atoms with Gasteiger partial charge in [-0.25, -0.2) is 0 Å². The topological polar surface area (TPSA) is 78.7 Å². The van der Waals surface area contributed by atoms with Crippen molar-refractivity contribution in [3.63, 3.8) is 0 Å². The van der Waals surface area contributed by atoms with Gasteiger partial charge in [0.05, 0.1) is 5.56 Å². The zero-order valence-corrected chi connectivity index (χ0v) is 15.7. The molecule has 1 heterocycles. The lowest BCUT2D eigenvalue weighted by Crippen LogP contribution is -2.41. The number of rotatable bonds is 7. The van der Waals surface area contributed by atoms with Crippen molar-refractivity contribution in [2.45, 2.75) is 13.1 Å². The molecule has 0 radical (unpaired) electrons. The van der Waals surface area contributed by atoms with E-state index in [2.05, 4.69) is 10.5 Å². The summed E-state index contributed by atoms with van der Waals surface area (Å²) in [5.74, 6) is -0.299. The Labute approximate surface area is 160 Å². The van der Waals surface area contributed by atoms with Crippen molar-refractivity contribution in [1.29, 1.82) is 0 Å². The molecule has 1 aromatic heterocycles. The maximum atomic E-state index is 12.7. The molecule has 0 aliphatic rings. The van der Waals surface area contributed by atoms with E-state index in [1.165, 1.54) is 11.0 Å². The van der Waals surface area contributed by atoms with Gasteiger partial charge in [-0.05, 0) is 45.3 Å². The highest BCUT2D eigenvalue weighted by molar-refractivity contribution is 5.99. The average molecular weight is 398 g/mol. The second kappa shape index (κ2) is 8.87. The molecule has 28 heavy (non-hydrogen) atoms. The van der Waals surface area contributed by atoms with E-state index in [0.29, 0.717) is 12.3 Å². The molecule has 1 N–H and O–H groups in total. The minimum atomic E-state index is -4.48. The molecule has 7 nitrogen and oxygen atoms in total. The summed E-state index contributed by atoms with van der Waals surface area (Å²) in [4.78, 5) is 28.1. The number of likely N-dealkylation sites (N-methyl/N-ethyl adjacent to an activating group) is 1. The number of hydrogen-bond donors (Lipinski definition) is 1. The summed E-state index contributed by atoms with van der Waals surface area (Å²) in [5, 5.41) is 6.16. The number of benzene rings is 1. The van der Waals surface area contributed by atoms with E-state index in [1.54, 1.807) is 21.0 Å². The van der Waals surface area contributed by atoms with Crippen LogP contribution in [-0.4, -0.2) is 60.5 Å². The van der Waals surface area contributed by atoms with Crippen LogP contribution < -0.4 is 5.32 Å². The van der Waals surface area contributed by atoms with Crippen LogP contribution in [0.25, 0.3) is 0 Å². The van der Waals surface area contributed by atoms with Gasteiger partial charge >= 0.3 is 6.18 Å². The van der Waals surface area contributed by atoms with E-state index in [-0.39, 0.29) is 24.5 Å². The van der Waals surface area contributed by atoms with Gasteiger partial charge in [-0.1, -0.05) is 5.16 Å². The molecule has 0 atom stereocenters. The highest BCUT2D eigenvalue weighted by Crippen LogP contribution is 2.29. The number of amides is 2. The predicted molar refractivity (Wildman–Crippen MR) is 95.8 cm³/mol. The molecule has 0 unspecified atom stereocenters. The lowest BCUT2D eigenvalue weighted by molar-refractivity contribution is -0.137. The van der Waals surface area contributed by atoms with Crippen LogP contribution in [-0.2, 0) is 11.0 Å². The highest BCUT2D eigenvalue weighted by atomic mass is 19.4. The van der Waals surface area contributed by atoms with E-state index < -0.39 is 23.6 Å². The van der Waals surface area contributed by atoms with Crippen LogP contribution in [0.4, 0.5) is 19.0 Å². The molecule has 2 amide bonds. The van der Waals surface area contributed by atoms with Crippen molar-refractivity contribution >= 4 is 17.6 Å². The van der Waals surface area contributed by atoms with Gasteiger partial charge < -0.3 is 19.6 Å². The number of halogens is 3. The van der Waals surface area contributed by atoms with Crippen molar-refractivity contribution in [3.8, 4) is 0 Å². The molecule has 2 rings (SSSR count). The third kappa shape index (κ3) is 6.08. The molecule has 0 aliphatic carbocycles. The average Bonchev–Trinajstić information content (AvgIpc) is 3.01. The Kier molecular flexibility index (Phi) is 6.79. The Bertz CT molecular complexity index is 816. The van der Waals surface area contributed by atoms with Gasteiger partial charge in [0.15, 0.2) is 5.82 Å². The van der Waals surface area contributed by atoms with Crippen LogP contribution in [0.5, 0.6) is 0 Å². The molecular weight excluding hydrogens is 377 g/mol. The third-order valence-corrected chi connectivity index (χ3v) is 3.79. The fourth-order valence-corrected chi connectivity index (χ4v) is 2.34.